The summed E-state index contributed by atoms with van der Waals surface area (Å²) in [6.45, 7) is 1.54. The lowest BCUT2D eigenvalue weighted by molar-refractivity contribution is -0.110. The van der Waals surface area contributed by atoms with Crippen LogP contribution < -0.4 is 5.32 Å². The predicted molar refractivity (Wildman–Crippen MR) is 107 cm³/mol. The number of para-hydroxylation sites is 1. The summed E-state index contributed by atoms with van der Waals surface area (Å²) in [6.07, 6.45) is 1.74. The fourth-order valence-corrected chi connectivity index (χ4v) is 2.88. The van der Waals surface area contributed by atoms with Crippen LogP contribution in [0.1, 0.15) is 28.6 Å². The molecule has 0 atom stereocenters. The molecule has 0 fully saturated rings. The average molecular weight is 410 g/mol. The van der Waals surface area contributed by atoms with Crippen LogP contribution in [-0.4, -0.2) is 11.7 Å². The van der Waals surface area contributed by atoms with Crippen molar-refractivity contribution in [3.8, 4) is 11.3 Å². The van der Waals surface area contributed by atoms with Crippen LogP contribution in [0.2, 0.25) is 0 Å². The molecule has 0 spiro atoms. The van der Waals surface area contributed by atoms with Gasteiger partial charge in [-0.05, 0) is 31.2 Å². The number of benzene rings is 2. The molecule has 1 aliphatic rings. The van der Waals surface area contributed by atoms with E-state index in [1.807, 2.05) is 48.5 Å². The molecule has 1 aromatic heterocycles. The Bertz CT molecular complexity index is 1020. The molecule has 5 heteroatoms. The van der Waals surface area contributed by atoms with Gasteiger partial charge in [0.1, 0.15) is 11.5 Å². The van der Waals surface area contributed by atoms with Crippen molar-refractivity contribution in [1.29, 1.82) is 0 Å². The maximum atomic E-state index is 12.2. The number of carbonyl (C=O) groups is 2. The largest absolute Gasteiger partial charge is 0.457 e. The Morgan fingerprint density at radius 3 is 2.46 bits per heavy atom. The van der Waals surface area contributed by atoms with E-state index >= 15 is 0 Å². The number of hydrogen-bond donors (Lipinski definition) is 1. The summed E-state index contributed by atoms with van der Waals surface area (Å²) in [7, 11) is 0. The second-order valence-corrected chi connectivity index (χ2v) is 5.89. The number of rotatable bonds is 3. The maximum absolute atomic E-state index is 12.2. The number of fused-ring (bicyclic) bond motifs is 1. The summed E-state index contributed by atoms with van der Waals surface area (Å²) in [5.74, 6) is 1.19. The summed E-state index contributed by atoms with van der Waals surface area (Å²) in [6, 6.07) is 18.5. The predicted octanol–water partition coefficient (Wildman–Crippen LogP) is 5.22. The second kappa shape index (κ2) is 7.14. The van der Waals surface area contributed by atoms with Gasteiger partial charge in [0.25, 0.3) is 5.91 Å². The van der Waals surface area contributed by atoms with Gasteiger partial charge in [-0.1, -0.05) is 42.5 Å². The van der Waals surface area contributed by atoms with E-state index in [4.69, 9.17) is 4.42 Å². The molecule has 0 aliphatic carbocycles. The summed E-state index contributed by atoms with van der Waals surface area (Å²) >= 11 is 0. The van der Waals surface area contributed by atoms with Crippen molar-refractivity contribution < 1.29 is 14.0 Å². The Kier molecular flexibility index (Phi) is 4.91. The topological polar surface area (TPSA) is 59.3 Å². The maximum Gasteiger partial charge on any atom is 0.256 e. The van der Waals surface area contributed by atoms with Gasteiger partial charge in [0.2, 0.25) is 0 Å². The van der Waals surface area contributed by atoms with Gasteiger partial charge in [-0.3, -0.25) is 9.59 Å². The molecule has 26 heavy (non-hydrogen) atoms. The van der Waals surface area contributed by atoms with Crippen LogP contribution in [-0.2, 0) is 4.79 Å². The fraction of sp³-hybridized carbons (Fsp3) is 0.0476. The molecular weight excluding hydrogens is 394 g/mol. The monoisotopic (exact) mass is 409 g/mol. The third-order valence-corrected chi connectivity index (χ3v) is 4.20. The minimum absolute atomic E-state index is 0. The summed E-state index contributed by atoms with van der Waals surface area (Å²) < 4.78 is 5.85. The van der Waals surface area contributed by atoms with Crippen molar-refractivity contribution in [2.75, 3.05) is 5.32 Å². The summed E-state index contributed by atoms with van der Waals surface area (Å²) in [4.78, 5) is 23.5. The molecule has 0 saturated carbocycles. The highest BCUT2D eigenvalue weighted by Crippen LogP contribution is 2.33. The van der Waals surface area contributed by atoms with Crippen LogP contribution in [0, 0.1) is 0 Å². The molecule has 1 N–H and O–H groups in total. The summed E-state index contributed by atoms with van der Waals surface area (Å²) in [5.41, 5.74) is 3.81. The first-order valence-electron chi connectivity index (χ1n) is 7.95. The molecule has 130 valence electrons. The lowest BCUT2D eigenvalue weighted by Crippen LogP contribution is -2.03. The SMILES string of the molecule is Br.CC(=O)c1ccc(-c2ccc(/C=C3\C(=O)Nc4ccccc43)o2)cc1. The molecule has 4 nitrogen and oxygen atoms in total. The van der Waals surface area contributed by atoms with Crippen molar-refractivity contribution >= 4 is 46.0 Å². The Morgan fingerprint density at radius 2 is 1.73 bits per heavy atom. The lowest BCUT2D eigenvalue weighted by atomic mass is 10.1. The zero-order chi connectivity index (χ0) is 17.4. The minimum atomic E-state index is -0.134. The smallest absolute Gasteiger partial charge is 0.256 e. The van der Waals surface area contributed by atoms with Crippen molar-refractivity contribution in [3.63, 3.8) is 0 Å². The first-order chi connectivity index (χ1) is 12.1. The zero-order valence-electron chi connectivity index (χ0n) is 14.0. The zero-order valence-corrected chi connectivity index (χ0v) is 15.7. The van der Waals surface area contributed by atoms with Gasteiger partial charge in [0, 0.05) is 22.4 Å². The number of furan rings is 1. The normalized spacial score (nSPS) is 13.9. The number of Topliss-reactive ketones (excluding diaryl/α,β-unsaturated/α-hetero) is 1. The highest BCUT2D eigenvalue weighted by Gasteiger charge is 2.23. The van der Waals surface area contributed by atoms with Crippen molar-refractivity contribution in [1.82, 2.24) is 0 Å². The molecule has 0 unspecified atom stereocenters. The third-order valence-electron chi connectivity index (χ3n) is 4.20. The van der Waals surface area contributed by atoms with Crippen LogP contribution in [0.25, 0.3) is 23.0 Å². The first-order valence-corrected chi connectivity index (χ1v) is 7.95. The number of halogens is 1. The van der Waals surface area contributed by atoms with Crippen LogP contribution in [0.4, 0.5) is 5.69 Å². The Balaban J connectivity index is 0.00000196. The molecule has 1 aliphatic heterocycles. The molecule has 0 bridgehead atoms. The van der Waals surface area contributed by atoms with Crippen molar-refractivity contribution in [3.05, 3.63) is 77.6 Å². The van der Waals surface area contributed by atoms with E-state index in [0.29, 0.717) is 22.7 Å². The van der Waals surface area contributed by atoms with E-state index in [2.05, 4.69) is 5.32 Å². The molecule has 1 amide bonds. The van der Waals surface area contributed by atoms with Gasteiger partial charge in [0.15, 0.2) is 5.78 Å². The van der Waals surface area contributed by atoms with E-state index in [1.54, 1.807) is 18.2 Å². The van der Waals surface area contributed by atoms with Gasteiger partial charge >= 0.3 is 0 Å². The van der Waals surface area contributed by atoms with Gasteiger partial charge in [-0.2, -0.15) is 0 Å². The molecule has 0 radical (unpaired) electrons. The summed E-state index contributed by atoms with van der Waals surface area (Å²) in [5, 5.41) is 2.84. The van der Waals surface area contributed by atoms with Crippen LogP contribution in [0.5, 0.6) is 0 Å². The van der Waals surface area contributed by atoms with Crippen LogP contribution in [0.15, 0.2) is 65.1 Å². The number of amides is 1. The van der Waals surface area contributed by atoms with Crippen molar-refractivity contribution in [2.45, 2.75) is 6.92 Å². The standard InChI is InChI=1S/C21H15NO3.BrH/c1-13(23)14-6-8-15(9-7-14)20-11-10-16(25-20)12-18-17-4-2-3-5-19(17)22-21(18)24;/h2-12H,1H3,(H,22,24);1H/b18-12-;. The van der Waals surface area contributed by atoms with E-state index in [0.717, 1.165) is 16.8 Å². The van der Waals surface area contributed by atoms with Crippen LogP contribution >= 0.6 is 17.0 Å². The average Bonchev–Trinajstić information content (AvgIpc) is 3.20. The number of anilines is 1. The molecule has 2 aromatic carbocycles. The van der Waals surface area contributed by atoms with Gasteiger partial charge in [-0.15, -0.1) is 17.0 Å². The van der Waals surface area contributed by atoms with Gasteiger partial charge in [-0.25, -0.2) is 0 Å². The molecule has 2 heterocycles. The molecule has 3 aromatic rings. The quantitative estimate of drug-likeness (QED) is 0.476. The molecular formula is C21H16BrNO3. The van der Waals surface area contributed by atoms with E-state index in [-0.39, 0.29) is 28.7 Å². The number of nitrogens with one attached hydrogen (secondary N) is 1. The number of ketones is 1. The highest BCUT2D eigenvalue weighted by atomic mass is 79.9. The Labute approximate surface area is 161 Å². The second-order valence-electron chi connectivity index (χ2n) is 5.89. The highest BCUT2D eigenvalue weighted by molar-refractivity contribution is 8.93. The molecule has 4 rings (SSSR count). The Morgan fingerprint density at radius 1 is 1.00 bits per heavy atom. The molecule has 0 saturated heterocycles. The number of carbonyl (C=O) groups excluding carboxylic acids is 2. The van der Waals surface area contributed by atoms with E-state index in [1.165, 1.54) is 6.92 Å². The van der Waals surface area contributed by atoms with Crippen molar-refractivity contribution in [2.24, 2.45) is 0 Å². The fourth-order valence-electron chi connectivity index (χ4n) is 2.88. The van der Waals surface area contributed by atoms with Gasteiger partial charge < -0.3 is 9.73 Å². The third kappa shape index (κ3) is 3.26. The Hall–Kier alpha value is -2.92. The van der Waals surface area contributed by atoms with Gasteiger partial charge in [0.05, 0.1) is 5.57 Å². The lowest BCUT2D eigenvalue weighted by Gasteiger charge is -1.99. The number of hydrogen-bond acceptors (Lipinski definition) is 3. The van der Waals surface area contributed by atoms with E-state index in [9.17, 15) is 9.59 Å². The van der Waals surface area contributed by atoms with Crippen LogP contribution in [0.3, 0.4) is 0 Å². The first kappa shape index (κ1) is 17.9. The van der Waals surface area contributed by atoms with E-state index < -0.39 is 0 Å². The minimum Gasteiger partial charge on any atom is -0.457 e.